The van der Waals surface area contributed by atoms with Gasteiger partial charge in [0.15, 0.2) is 0 Å². The van der Waals surface area contributed by atoms with Crippen molar-refractivity contribution in [3.05, 3.63) is 17.6 Å². The van der Waals surface area contributed by atoms with E-state index in [9.17, 15) is 4.79 Å². The quantitative estimate of drug-likeness (QED) is 0.867. The van der Waals surface area contributed by atoms with Crippen LogP contribution in [-0.4, -0.2) is 47.1 Å². The average molecular weight is 358 g/mol. The van der Waals surface area contributed by atoms with E-state index in [4.69, 9.17) is 0 Å². The van der Waals surface area contributed by atoms with Gasteiger partial charge in [0.05, 0.1) is 6.04 Å². The van der Waals surface area contributed by atoms with Crippen LogP contribution >= 0.6 is 0 Å². The van der Waals surface area contributed by atoms with Crippen molar-refractivity contribution in [1.29, 1.82) is 0 Å². The second kappa shape index (κ2) is 7.51. The first-order valence-corrected chi connectivity index (χ1v) is 10.2. The molecule has 142 valence electrons. The number of nitrogens with one attached hydrogen (secondary N) is 2. The van der Waals surface area contributed by atoms with E-state index in [-0.39, 0.29) is 18.0 Å². The molecule has 3 unspecified atom stereocenters. The van der Waals surface area contributed by atoms with Crippen LogP contribution in [0.2, 0.25) is 0 Å². The van der Waals surface area contributed by atoms with Crippen LogP contribution in [0.1, 0.15) is 56.5 Å². The van der Waals surface area contributed by atoms with E-state index in [0.29, 0.717) is 12.0 Å². The van der Waals surface area contributed by atoms with Crippen LogP contribution < -0.4 is 15.5 Å². The second-order valence-electron chi connectivity index (χ2n) is 8.29. The molecule has 6 nitrogen and oxygen atoms in total. The number of carbonyl (C=O) groups is 1. The molecular weight excluding hydrogens is 326 g/mol. The van der Waals surface area contributed by atoms with E-state index >= 15 is 0 Å². The van der Waals surface area contributed by atoms with Gasteiger partial charge in [-0.2, -0.15) is 0 Å². The number of hydrogen-bond acceptors (Lipinski definition) is 5. The molecule has 3 aliphatic rings. The third-order valence-corrected chi connectivity index (χ3v) is 6.30. The lowest BCUT2D eigenvalue weighted by Gasteiger charge is -2.33. The Morgan fingerprint density at radius 2 is 1.92 bits per heavy atom. The fourth-order valence-corrected chi connectivity index (χ4v) is 4.94. The molecular formula is C20H31N5O. The highest BCUT2D eigenvalue weighted by molar-refractivity contribution is 5.82. The van der Waals surface area contributed by atoms with E-state index < -0.39 is 0 Å². The molecule has 3 fully saturated rings. The van der Waals surface area contributed by atoms with E-state index in [1.807, 2.05) is 13.8 Å². The predicted molar refractivity (Wildman–Crippen MR) is 102 cm³/mol. The molecule has 0 aromatic carbocycles. The van der Waals surface area contributed by atoms with Gasteiger partial charge in [0.1, 0.15) is 11.6 Å². The summed E-state index contributed by atoms with van der Waals surface area (Å²) in [5.41, 5.74) is 1.01. The van der Waals surface area contributed by atoms with Crippen molar-refractivity contribution in [2.24, 2.45) is 5.92 Å². The van der Waals surface area contributed by atoms with Gasteiger partial charge in [0.2, 0.25) is 5.91 Å². The minimum atomic E-state index is 0.0216. The Kier molecular flexibility index (Phi) is 5.11. The summed E-state index contributed by atoms with van der Waals surface area (Å²) < 4.78 is 0. The van der Waals surface area contributed by atoms with Crippen LogP contribution in [0.5, 0.6) is 0 Å². The smallest absolute Gasteiger partial charge is 0.237 e. The minimum Gasteiger partial charge on any atom is -0.356 e. The van der Waals surface area contributed by atoms with Gasteiger partial charge in [-0.05, 0) is 51.9 Å². The van der Waals surface area contributed by atoms with E-state index in [1.54, 1.807) is 0 Å². The maximum atomic E-state index is 12.7. The van der Waals surface area contributed by atoms with Crippen molar-refractivity contribution in [2.75, 3.05) is 18.0 Å². The summed E-state index contributed by atoms with van der Waals surface area (Å²) in [4.78, 5) is 23.9. The van der Waals surface area contributed by atoms with Crippen LogP contribution in [0.3, 0.4) is 0 Å². The van der Waals surface area contributed by atoms with E-state index in [1.165, 1.54) is 25.7 Å². The predicted octanol–water partition coefficient (Wildman–Crippen LogP) is 2.10. The summed E-state index contributed by atoms with van der Waals surface area (Å²) in [6, 6.07) is 2.93. The van der Waals surface area contributed by atoms with Crippen molar-refractivity contribution in [1.82, 2.24) is 20.6 Å². The third kappa shape index (κ3) is 3.85. The fraction of sp³-hybridized carbons (Fsp3) is 0.750. The highest BCUT2D eigenvalue weighted by Crippen LogP contribution is 2.33. The summed E-state index contributed by atoms with van der Waals surface area (Å²) in [6.07, 6.45) is 8.15. The SMILES string of the molecule is Cc1cc(N2CCC(NC(=O)C3CC4CCCCC4N3)CC2)nc(C)n1. The summed E-state index contributed by atoms with van der Waals surface area (Å²) in [7, 11) is 0. The van der Waals surface area contributed by atoms with Gasteiger partial charge >= 0.3 is 0 Å². The maximum Gasteiger partial charge on any atom is 0.237 e. The number of hydrogen-bond donors (Lipinski definition) is 2. The number of fused-ring (bicyclic) bond motifs is 1. The van der Waals surface area contributed by atoms with Crippen LogP contribution in [-0.2, 0) is 4.79 Å². The Balaban J connectivity index is 1.28. The number of aryl methyl sites for hydroxylation is 2. The highest BCUT2D eigenvalue weighted by Gasteiger charge is 2.38. The number of rotatable bonds is 3. The number of piperidine rings is 1. The molecule has 1 saturated carbocycles. The number of anilines is 1. The van der Waals surface area contributed by atoms with Crippen molar-refractivity contribution >= 4 is 11.7 Å². The lowest BCUT2D eigenvalue weighted by molar-refractivity contribution is -0.123. The first-order chi connectivity index (χ1) is 12.6. The minimum absolute atomic E-state index is 0.0216. The Labute approximate surface area is 156 Å². The molecule has 4 rings (SSSR count). The zero-order chi connectivity index (χ0) is 18.1. The Hall–Kier alpha value is -1.69. The van der Waals surface area contributed by atoms with Gasteiger partial charge in [-0.25, -0.2) is 9.97 Å². The summed E-state index contributed by atoms with van der Waals surface area (Å²) in [5.74, 6) is 2.77. The number of aromatic nitrogens is 2. The Morgan fingerprint density at radius 3 is 2.65 bits per heavy atom. The van der Waals surface area contributed by atoms with Crippen LogP contribution in [0, 0.1) is 19.8 Å². The molecule has 0 spiro atoms. The van der Waals surface area contributed by atoms with Gasteiger partial charge in [-0.3, -0.25) is 4.79 Å². The normalized spacial score (nSPS) is 29.5. The molecule has 0 radical (unpaired) electrons. The van der Waals surface area contributed by atoms with E-state index in [0.717, 1.165) is 49.7 Å². The molecule has 6 heteroatoms. The Bertz CT molecular complexity index is 621. The molecule has 1 aliphatic carbocycles. The van der Waals surface area contributed by atoms with Crippen molar-refractivity contribution in [3.63, 3.8) is 0 Å². The lowest BCUT2D eigenvalue weighted by Crippen LogP contribution is -2.50. The summed E-state index contributed by atoms with van der Waals surface area (Å²) in [5, 5.41) is 6.89. The van der Waals surface area contributed by atoms with Gasteiger partial charge in [0.25, 0.3) is 0 Å². The van der Waals surface area contributed by atoms with Gasteiger partial charge in [-0.1, -0.05) is 12.8 Å². The monoisotopic (exact) mass is 357 g/mol. The average Bonchev–Trinajstić information content (AvgIpc) is 3.06. The highest BCUT2D eigenvalue weighted by atomic mass is 16.2. The number of nitrogens with zero attached hydrogens (tertiary/aromatic N) is 3. The zero-order valence-electron chi connectivity index (χ0n) is 16.0. The molecule has 3 atom stereocenters. The molecule has 2 N–H and O–H groups in total. The molecule has 1 amide bonds. The van der Waals surface area contributed by atoms with Gasteiger partial charge in [0, 0.05) is 36.9 Å². The topological polar surface area (TPSA) is 70.2 Å². The Morgan fingerprint density at radius 1 is 1.15 bits per heavy atom. The van der Waals surface area contributed by atoms with E-state index in [2.05, 4.69) is 31.6 Å². The molecule has 2 aliphatic heterocycles. The fourth-order valence-electron chi connectivity index (χ4n) is 4.94. The van der Waals surface area contributed by atoms with Crippen LogP contribution in [0.25, 0.3) is 0 Å². The first-order valence-electron chi connectivity index (χ1n) is 10.2. The van der Waals surface area contributed by atoms with Crippen LogP contribution in [0.4, 0.5) is 5.82 Å². The molecule has 26 heavy (non-hydrogen) atoms. The molecule has 1 aromatic heterocycles. The number of carbonyl (C=O) groups excluding carboxylic acids is 1. The summed E-state index contributed by atoms with van der Waals surface area (Å²) in [6.45, 7) is 5.82. The second-order valence-corrected chi connectivity index (χ2v) is 8.29. The molecule has 0 bridgehead atoms. The molecule has 2 saturated heterocycles. The number of amides is 1. The third-order valence-electron chi connectivity index (χ3n) is 6.30. The molecule has 3 heterocycles. The maximum absolute atomic E-state index is 12.7. The molecule has 1 aromatic rings. The summed E-state index contributed by atoms with van der Waals surface area (Å²) >= 11 is 0. The van der Waals surface area contributed by atoms with Gasteiger partial charge < -0.3 is 15.5 Å². The standard InChI is InChI=1S/C20H31N5O/c1-13-11-19(22-14(2)21-13)25-9-7-16(8-10-25)23-20(26)18-12-15-5-3-4-6-17(15)24-18/h11,15-18,24H,3-10,12H2,1-2H3,(H,23,26). The van der Waals surface area contributed by atoms with Crippen molar-refractivity contribution in [3.8, 4) is 0 Å². The first kappa shape index (κ1) is 17.7. The van der Waals surface area contributed by atoms with Crippen molar-refractivity contribution < 1.29 is 4.79 Å². The van der Waals surface area contributed by atoms with Crippen molar-refractivity contribution in [2.45, 2.75) is 76.9 Å². The largest absolute Gasteiger partial charge is 0.356 e. The lowest BCUT2D eigenvalue weighted by atomic mass is 9.85. The zero-order valence-corrected chi connectivity index (χ0v) is 16.0. The van der Waals surface area contributed by atoms with Crippen LogP contribution in [0.15, 0.2) is 6.07 Å². The van der Waals surface area contributed by atoms with Gasteiger partial charge in [-0.15, -0.1) is 0 Å².